The first-order valence-corrected chi connectivity index (χ1v) is 4.27. The number of carbonyl (C=O) groups excluding carboxylic acids is 1. The molecule has 0 atom stereocenters. The van der Waals surface area contributed by atoms with Crippen LogP contribution in [0, 0.1) is 11.6 Å². The van der Waals surface area contributed by atoms with Crippen molar-refractivity contribution in [2.75, 3.05) is 7.11 Å². The van der Waals surface area contributed by atoms with Crippen molar-refractivity contribution >= 4 is 23.4 Å². The molecule has 1 aromatic rings. The molecule has 7 heteroatoms. The summed E-state index contributed by atoms with van der Waals surface area (Å²) in [5, 5.41) is 7.56. The molecule has 0 radical (unpaired) electrons. The number of halogens is 3. The van der Waals surface area contributed by atoms with E-state index in [0.717, 1.165) is 7.11 Å². The van der Waals surface area contributed by atoms with Crippen LogP contribution in [0.4, 0.5) is 8.78 Å². The Morgan fingerprint density at radius 1 is 1.44 bits per heavy atom. The van der Waals surface area contributed by atoms with Gasteiger partial charge in [0, 0.05) is 0 Å². The third-order valence-electron chi connectivity index (χ3n) is 1.76. The van der Waals surface area contributed by atoms with E-state index in [1.54, 1.807) is 0 Å². The quantitative estimate of drug-likeness (QED) is 0.505. The fourth-order valence-corrected chi connectivity index (χ4v) is 1.20. The van der Waals surface area contributed by atoms with E-state index >= 15 is 0 Å². The Kier molecular flexibility index (Phi) is 3.44. The lowest BCUT2D eigenvalue weighted by Crippen LogP contribution is -2.15. The number of Topliss-reactive ketones (excluding diaryl/α,β-unsaturated/α-hetero) is 1. The second-order valence-corrected chi connectivity index (χ2v) is 3.08. The van der Waals surface area contributed by atoms with E-state index in [4.69, 9.17) is 16.7 Å². The van der Waals surface area contributed by atoms with Crippen LogP contribution in [0.15, 0.2) is 6.07 Å². The molecule has 0 heterocycles. The Morgan fingerprint density at radius 2 is 2.00 bits per heavy atom. The smallest absolute Gasteiger partial charge is 0.377 e. The van der Waals surface area contributed by atoms with Crippen LogP contribution in [-0.2, 0) is 4.79 Å². The molecule has 0 fully saturated rings. The number of hydrogen-bond donors (Lipinski definition) is 1. The number of aliphatic carboxylic acids is 1. The minimum atomic E-state index is -1.85. The Morgan fingerprint density at radius 3 is 2.44 bits per heavy atom. The maximum absolute atomic E-state index is 13.3. The number of carboxylic acids is 1. The van der Waals surface area contributed by atoms with Gasteiger partial charge in [-0.25, -0.2) is 13.6 Å². The molecule has 0 aliphatic carbocycles. The van der Waals surface area contributed by atoms with Crippen molar-refractivity contribution in [1.82, 2.24) is 0 Å². The monoisotopic (exact) mass is 250 g/mol. The normalized spacial score (nSPS) is 10.0. The molecular weight excluding hydrogens is 246 g/mol. The van der Waals surface area contributed by atoms with Gasteiger partial charge in [-0.1, -0.05) is 11.6 Å². The summed E-state index contributed by atoms with van der Waals surface area (Å²) in [6, 6.07) is 0.515. The molecule has 0 aromatic heterocycles. The van der Waals surface area contributed by atoms with Gasteiger partial charge in [-0.05, 0) is 6.07 Å². The van der Waals surface area contributed by atoms with Crippen molar-refractivity contribution in [3.63, 3.8) is 0 Å². The lowest BCUT2D eigenvalue weighted by atomic mass is 10.1. The van der Waals surface area contributed by atoms with Crippen molar-refractivity contribution in [2.45, 2.75) is 0 Å². The zero-order valence-electron chi connectivity index (χ0n) is 7.88. The minimum Gasteiger partial charge on any atom is -0.493 e. The third kappa shape index (κ3) is 1.96. The fraction of sp³-hybridized carbons (Fsp3) is 0.111. The highest BCUT2D eigenvalue weighted by molar-refractivity contribution is 6.41. The van der Waals surface area contributed by atoms with Gasteiger partial charge in [0.05, 0.1) is 12.7 Å². The summed E-state index contributed by atoms with van der Waals surface area (Å²) in [7, 11) is 1.01. The lowest BCUT2D eigenvalue weighted by Gasteiger charge is -2.08. The average Bonchev–Trinajstić information content (AvgIpc) is 2.24. The first-order chi connectivity index (χ1) is 7.40. The van der Waals surface area contributed by atoms with Crippen LogP contribution in [0.25, 0.3) is 0 Å². The Balaban J connectivity index is 3.51. The maximum Gasteiger partial charge on any atom is 0.377 e. The van der Waals surface area contributed by atoms with Gasteiger partial charge in [-0.15, -0.1) is 0 Å². The summed E-state index contributed by atoms with van der Waals surface area (Å²) < 4.78 is 30.8. The van der Waals surface area contributed by atoms with Crippen LogP contribution in [0.5, 0.6) is 5.75 Å². The summed E-state index contributed by atoms with van der Waals surface area (Å²) in [5.41, 5.74) is -0.727. The summed E-state index contributed by atoms with van der Waals surface area (Å²) in [6.07, 6.45) is 0. The second-order valence-electron chi connectivity index (χ2n) is 2.70. The van der Waals surface area contributed by atoms with E-state index < -0.39 is 39.7 Å². The fourth-order valence-electron chi connectivity index (χ4n) is 1.06. The van der Waals surface area contributed by atoms with Crippen molar-refractivity contribution in [3.8, 4) is 5.75 Å². The highest BCUT2D eigenvalue weighted by Crippen LogP contribution is 2.31. The number of benzene rings is 1. The number of carboxylic acid groups (broad SMARTS) is 1. The Hall–Kier alpha value is -1.69. The largest absolute Gasteiger partial charge is 0.493 e. The van der Waals surface area contributed by atoms with E-state index in [2.05, 4.69) is 4.74 Å². The van der Waals surface area contributed by atoms with Crippen LogP contribution in [0.1, 0.15) is 10.4 Å². The van der Waals surface area contributed by atoms with Gasteiger partial charge in [-0.3, -0.25) is 4.79 Å². The van der Waals surface area contributed by atoms with Crippen molar-refractivity contribution < 1.29 is 28.2 Å². The van der Waals surface area contributed by atoms with Gasteiger partial charge in [0.15, 0.2) is 11.6 Å². The summed E-state index contributed by atoms with van der Waals surface area (Å²) in [6.45, 7) is 0. The zero-order valence-corrected chi connectivity index (χ0v) is 8.64. The maximum atomic E-state index is 13.3. The number of rotatable bonds is 3. The molecule has 0 saturated carbocycles. The van der Waals surface area contributed by atoms with Crippen LogP contribution < -0.4 is 4.74 Å². The topological polar surface area (TPSA) is 63.6 Å². The van der Waals surface area contributed by atoms with Gasteiger partial charge in [-0.2, -0.15) is 0 Å². The van der Waals surface area contributed by atoms with Gasteiger partial charge >= 0.3 is 5.97 Å². The van der Waals surface area contributed by atoms with Crippen LogP contribution in [-0.4, -0.2) is 24.0 Å². The van der Waals surface area contributed by atoms with E-state index in [1.807, 2.05) is 0 Å². The van der Waals surface area contributed by atoms with Gasteiger partial charge < -0.3 is 9.84 Å². The molecule has 0 unspecified atom stereocenters. The van der Waals surface area contributed by atoms with E-state index in [0.29, 0.717) is 6.07 Å². The molecule has 0 amide bonds. The highest BCUT2D eigenvalue weighted by atomic mass is 35.5. The first kappa shape index (κ1) is 12.4. The Labute approximate surface area is 93.4 Å². The molecule has 0 aliphatic rings. The van der Waals surface area contributed by atoms with Gasteiger partial charge in [0.2, 0.25) is 0 Å². The standard InChI is InChI=1S/C9H5ClF2O4/c1-16-8-3(7(13)9(14)15)2-4(11)5(10)6(8)12/h2H,1H3,(H,14,15). The van der Waals surface area contributed by atoms with Crippen molar-refractivity contribution in [1.29, 1.82) is 0 Å². The van der Waals surface area contributed by atoms with Gasteiger partial charge in [0.25, 0.3) is 5.78 Å². The lowest BCUT2D eigenvalue weighted by molar-refractivity contribution is -0.131. The predicted molar refractivity (Wildman–Crippen MR) is 49.9 cm³/mol. The highest BCUT2D eigenvalue weighted by Gasteiger charge is 2.26. The van der Waals surface area contributed by atoms with Crippen molar-refractivity contribution in [3.05, 3.63) is 28.3 Å². The average molecular weight is 251 g/mol. The van der Waals surface area contributed by atoms with Crippen molar-refractivity contribution in [2.24, 2.45) is 0 Å². The summed E-state index contributed by atoms with van der Waals surface area (Å²) in [5.74, 6) is -6.57. The van der Waals surface area contributed by atoms with Crippen LogP contribution in [0.3, 0.4) is 0 Å². The minimum absolute atomic E-state index is 0.515. The number of ether oxygens (including phenoxy) is 1. The second kappa shape index (κ2) is 4.44. The number of ketones is 1. The number of carbonyl (C=O) groups is 2. The van der Waals surface area contributed by atoms with E-state index in [-0.39, 0.29) is 0 Å². The van der Waals surface area contributed by atoms with E-state index in [1.165, 1.54) is 0 Å². The zero-order chi connectivity index (χ0) is 12.5. The molecule has 0 bridgehead atoms. The molecule has 4 nitrogen and oxygen atoms in total. The summed E-state index contributed by atoms with van der Waals surface area (Å²) in [4.78, 5) is 21.5. The third-order valence-corrected chi connectivity index (χ3v) is 2.11. The molecule has 1 aromatic carbocycles. The SMILES string of the molecule is COc1c(C(=O)C(=O)O)cc(F)c(Cl)c1F. The van der Waals surface area contributed by atoms with E-state index in [9.17, 15) is 18.4 Å². The molecule has 1 N–H and O–H groups in total. The predicted octanol–water partition coefficient (Wildman–Crippen LogP) is 1.89. The summed E-state index contributed by atoms with van der Waals surface area (Å²) >= 11 is 5.23. The molecular formula is C9H5ClF2O4. The molecule has 86 valence electrons. The molecule has 0 aliphatic heterocycles. The molecule has 1 rings (SSSR count). The Bertz CT molecular complexity index is 473. The van der Waals surface area contributed by atoms with Crippen LogP contribution in [0.2, 0.25) is 5.02 Å². The van der Waals surface area contributed by atoms with Gasteiger partial charge in [0.1, 0.15) is 10.8 Å². The molecule has 0 spiro atoms. The first-order valence-electron chi connectivity index (χ1n) is 3.89. The number of methoxy groups -OCH3 is 1. The number of hydrogen-bond acceptors (Lipinski definition) is 3. The molecule has 16 heavy (non-hydrogen) atoms. The molecule has 0 saturated heterocycles. The van der Waals surface area contributed by atoms with Crippen LogP contribution >= 0.6 is 11.6 Å².